The van der Waals surface area contributed by atoms with Gasteiger partial charge in [-0.25, -0.2) is 18.1 Å². The van der Waals surface area contributed by atoms with Crippen molar-refractivity contribution in [1.29, 1.82) is 0 Å². The first-order valence-corrected chi connectivity index (χ1v) is 9.82. The topological polar surface area (TPSA) is 71.1 Å². The molecule has 8 heteroatoms. The zero-order chi connectivity index (χ0) is 15.5. The molecule has 0 unspecified atom stereocenters. The number of hydrogen-bond donors (Lipinski definition) is 2. The van der Waals surface area contributed by atoms with Crippen molar-refractivity contribution in [2.24, 2.45) is 0 Å². The standard InChI is InChI=1S/C13H19N3O2S3/c1-9(2)14-5-11-4-12(7-19-11)21(17,18)16-6-13-10(3)15-8-20-13/h4,7-9,14,16H,5-6H2,1-3H3. The average molecular weight is 346 g/mol. The first kappa shape index (κ1) is 16.6. The molecule has 0 radical (unpaired) electrons. The highest BCUT2D eigenvalue weighted by Gasteiger charge is 2.17. The molecule has 0 atom stereocenters. The van der Waals surface area contributed by atoms with Gasteiger partial charge in [-0.1, -0.05) is 13.8 Å². The fraction of sp³-hybridized carbons (Fsp3) is 0.462. The Bertz CT molecular complexity index is 689. The summed E-state index contributed by atoms with van der Waals surface area (Å²) in [6.45, 7) is 6.97. The van der Waals surface area contributed by atoms with Crippen LogP contribution in [-0.2, 0) is 23.1 Å². The van der Waals surface area contributed by atoms with Crippen LogP contribution in [0, 0.1) is 6.92 Å². The van der Waals surface area contributed by atoms with Crippen molar-refractivity contribution >= 4 is 32.7 Å². The van der Waals surface area contributed by atoms with Crippen LogP contribution >= 0.6 is 22.7 Å². The third-order valence-corrected chi connectivity index (χ3v) is 6.29. The monoisotopic (exact) mass is 345 g/mol. The van der Waals surface area contributed by atoms with Crippen molar-refractivity contribution in [3.63, 3.8) is 0 Å². The highest BCUT2D eigenvalue weighted by molar-refractivity contribution is 7.89. The smallest absolute Gasteiger partial charge is 0.241 e. The van der Waals surface area contributed by atoms with Gasteiger partial charge in [0.05, 0.1) is 16.1 Å². The fourth-order valence-corrected chi connectivity index (χ4v) is 4.67. The predicted molar refractivity (Wildman–Crippen MR) is 87.2 cm³/mol. The first-order chi connectivity index (χ1) is 9.88. The Morgan fingerprint density at radius 1 is 1.29 bits per heavy atom. The number of rotatable bonds is 7. The molecule has 5 nitrogen and oxygen atoms in total. The highest BCUT2D eigenvalue weighted by atomic mass is 32.2. The summed E-state index contributed by atoms with van der Waals surface area (Å²) in [6, 6.07) is 2.10. The molecular formula is C13H19N3O2S3. The quantitative estimate of drug-likeness (QED) is 0.809. The number of sulfonamides is 1. The van der Waals surface area contributed by atoms with E-state index >= 15 is 0 Å². The molecule has 2 N–H and O–H groups in total. The third kappa shape index (κ3) is 4.58. The van der Waals surface area contributed by atoms with Crippen molar-refractivity contribution < 1.29 is 8.42 Å². The van der Waals surface area contributed by atoms with Gasteiger partial charge in [0.25, 0.3) is 0 Å². The van der Waals surface area contributed by atoms with Crippen LogP contribution < -0.4 is 10.0 Å². The molecule has 0 aliphatic carbocycles. The molecule has 21 heavy (non-hydrogen) atoms. The summed E-state index contributed by atoms with van der Waals surface area (Å²) >= 11 is 2.91. The molecule has 0 aliphatic rings. The Morgan fingerprint density at radius 2 is 2.05 bits per heavy atom. The van der Waals surface area contributed by atoms with E-state index in [1.807, 2.05) is 6.92 Å². The van der Waals surface area contributed by atoms with Crippen LogP contribution in [0.1, 0.15) is 29.3 Å². The second-order valence-corrected chi connectivity index (χ2v) is 8.67. The minimum absolute atomic E-state index is 0.286. The Hall–Kier alpha value is -0.800. The molecular weight excluding hydrogens is 326 g/mol. The SMILES string of the molecule is Cc1ncsc1CNS(=O)(=O)c1csc(CNC(C)C)c1. The van der Waals surface area contributed by atoms with E-state index in [9.17, 15) is 8.42 Å². The van der Waals surface area contributed by atoms with E-state index in [4.69, 9.17) is 0 Å². The lowest BCUT2D eigenvalue weighted by Gasteiger charge is -2.05. The lowest BCUT2D eigenvalue weighted by atomic mass is 10.4. The molecule has 0 bridgehead atoms. The molecule has 2 heterocycles. The molecule has 0 amide bonds. The number of thiophene rings is 1. The molecule has 0 aromatic carbocycles. The summed E-state index contributed by atoms with van der Waals surface area (Å²) in [5, 5.41) is 4.96. The molecule has 116 valence electrons. The number of nitrogens with one attached hydrogen (secondary N) is 2. The molecule has 2 aromatic heterocycles. The van der Waals surface area contributed by atoms with Gasteiger partial charge in [-0.15, -0.1) is 22.7 Å². The van der Waals surface area contributed by atoms with Gasteiger partial charge in [-0.3, -0.25) is 0 Å². The molecule has 0 saturated heterocycles. The highest BCUT2D eigenvalue weighted by Crippen LogP contribution is 2.20. The van der Waals surface area contributed by atoms with E-state index < -0.39 is 10.0 Å². The van der Waals surface area contributed by atoms with Crippen LogP contribution in [0.2, 0.25) is 0 Å². The Labute approximate surface area is 133 Å². The van der Waals surface area contributed by atoms with Crippen LogP contribution in [0.15, 0.2) is 21.9 Å². The molecule has 0 fully saturated rings. The van der Waals surface area contributed by atoms with Gasteiger partial charge in [0.1, 0.15) is 0 Å². The van der Waals surface area contributed by atoms with Crippen LogP contribution in [0.5, 0.6) is 0 Å². The number of hydrogen-bond acceptors (Lipinski definition) is 6. The lowest BCUT2D eigenvalue weighted by molar-refractivity contribution is 0.581. The van der Waals surface area contributed by atoms with Crippen LogP contribution in [0.4, 0.5) is 0 Å². The average Bonchev–Trinajstić information content (AvgIpc) is 3.03. The number of aromatic nitrogens is 1. The molecule has 0 saturated carbocycles. The summed E-state index contributed by atoms with van der Waals surface area (Å²) in [7, 11) is -3.46. The second-order valence-electron chi connectivity index (χ2n) is 4.97. The van der Waals surface area contributed by atoms with Crippen LogP contribution in [0.3, 0.4) is 0 Å². The van der Waals surface area contributed by atoms with Crippen molar-refractivity contribution in [3.8, 4) is 0 Å². The van der Waals surface area contributed by atoms with Crippen LogP contribution in [-0.4, -0.2) is 19.4 Å². The van der Waals surface area contributed by atoms with Crippen molar-refractivity contribution in [2.75, 3.05) is 0 Å². The number of aryl methyl sites for hydroxylation is 1. The van der Waals surface area contributed by atoms with Crippen molar-refractivity contribution in [3.05, 3.63) is 32.4 Å². The van der Waals surface area contributed by atoms with Crippen molar-refractivity contribution in [2.45, 2.75) is 44.8 Å². The van der Waals surface area contributed by atoms with E-state index in [1.54, 1.807) is 17.0 Å². The Kier molecular flexibility index (Phi) is 5.50. The van der Waals surface area contributed by atoms with Crippen molar-refractivity contribution in [1.82, 2.24) is 15.0 Å². The van der Waals surface area contributed by atoms with E-state index in [0.717, 1.165) is 15.4 Å². The maximum Gasteiger partial charge on any atom is 0.241 e. The van der Waals surface area contributed by atoms with Gasteiger partial charge < -0.3 is 5.32 Å². The van der Waals surface area contributed by atoms with Gasteiger partial charge in [-0.05, 0) is 13.0 Å². The molecule has 2 aromatic rings. The van der Waals surface area contributed by atoms with Gasteiger partial charge in [-0.2, -0.15) is 0 Å². The maximum atomic E-state index is 12.2. The number of thiazole rings is 1. The van der Waals surface area contributed by atoms with Gasteiger partial charge >= 0.3 is 0 Å². The fourth-order valence-electron chi connectivity index (χ4n) is 1.64. The maximum absolute atomic E-state index is 12.2. The minimum Gasteiger partial charge on any atom is -0.310 e. The predicted octanol–water partition coefficient (Wildman–Crippen LogP) is 2.49. The van der Waals surface area contributed by atoms with E-state index in [-0.39, 0.29) is 6.54 Å². The van der Waals surface area contributed by atoms with Gasteiger partial charge in [0.2, 0.25) is 10.0 Å². The third-order valence-electron chi connectivity index (χ3n) is 2.89. The zero-order valence-corrected chi connectivity index (χ0v) is 14.7. The molecule has 2 rings (SSSR count). The number of nitrogens with zero attached hydrogens (tertiary/aromatic N) is 1. The lowest BCUT2D eigenvalue weighted by Crippen LogP contribution is -2.23. The van der Waals surface area contributed by atoms with Gasteiger partial charge in [0, 0.05) is 34.3 Å². The summed E-state index contributed by atoms with van der Waals surface area (Å²) in [5.74, 6) is 0. The Morgan fingerprint density at radius 3 is 2.67 bits per heavy atom. The summed E-state index contributed by atoms with van der Waals surface area (Å²) < 4.78 is 27.1. The van der Waals surface area contributed by atoms with E-state index in [1.165, 1.54) is 22.7 Å². The largest absolute Gasteiger partial charge is 0.310 e. The second kappa shape index (κ2) is 6.97. The summed E-state index contributed by atoms with van der Waals surface area (Å²) in [5.41, 5.74) is 2.59. The van der Waals surface area contributed by atoms with Gasteiger partial charge in [0.15, 0.2) is 0 Å². The molecule has 0 spiro atoms. The van der Waals surface area contributed by atoms with E-state index in [0.29, 0.717) is 17.5 Å². The first-order valence-electron chi connectivity index (χ1n) is 6.58. The summed E-state index contributed by atoms with van der Waals surface area (Å²) in [4.78, 5) is 6.39. The molecule has 0 aliphatic heterocycles. The zero-order valence-electron chi connectivity index (χ0n) is 12.2. The minimum atomic E-state index is -3.46. The normalized spacial score (nSPS) is 12.2. The van der Waals surface area contributed by atoms with E-state index in [2.05, 4.69) is 28.9 Å². The van der Waals surface area contributed by atoms with Crippen LogP contribution in [0.25, 0.3) is 0 Å². The Balaban J connectivity index is 2.01. The summed E-state index contributed by atoms with van der Waals surface area (Å²) in [6.07, 6.45) is 0.